The molecule has 0 fully saturated rings. The first-order valence-corrected chi connectivity index (χ1v) is 9.95. The van der Waals surface area contributed by atoms with Crippen molar-refractivity contribution in [3.05, 3.63) is 48.0 Å². The third-order valence-electron chi connectivity index (χ3n) is 4.91. The average molecular weight is 463 g/mol. The van der Waals surface area contributed by atoms with Crippen LogP contribution in [0, 0.1) is 0 Å². The van der Waals surface area contributed by atoms with Gasteiger partial charge in [-0.2, -0.15) is 13.2 Å². The molecule has 0 atom stereocenters. The number of carbonyl (C=O) groups is 1. The number of nitrogens with one attached hydrogen (secondary N) is 1. The van der Waals surface area contributed by atoms with Crippen molar-refractivity contribution in [1.82, 2.24) is 20.2 Å². The number of aromatic nitrogens is 2. The summed E-state index contributed by atoms with van der Waals surface area (Å²) in [6.45, 7) is 4.29. The van der Waals surface area contributed by atoms with Crippen LogP contribution in [-0.4, -0.2) is 48.5 Å². The second-order valence-corrected chi connectivity index (χ2v) is 7.34. The third-order valence-corrected chi connectivity index (χ3v) is 4.91. The molecule has 0 aliphatic heterocycles. The lowest BCUT2D eigenvalue weighted by molar-refractivity contribution is -0.141. The normalized spacial score (nSPS) is 11.5. The van der Waals surface area contributed by atoms with Crippen LogP contribution >= 0.6 is 0 Å². The van der Waals surface area contributed by atoms with Crippen LogP contribution in [0.5, 0.6) is 5.75 Å². The Morgan fingerprint density at radius 1 is 1.24 bits per heavy atom. The smallest absolute Gasteiger partial charge is 0.433 e. The van der Waals surface area contributed by atoms with Crippen LogP contribution in [-0.2, 0) is 17.5 Å². The molecule has 0 spiro atoms. The maximum atomic E-state index is 13.2. The fraction of sp³-hybridized carbons (Fsp3) is 0.318. The molecule has 0 bridgehead atoms. The van der Waals surface area contributed by atoms with Gasteiger partial charge in [-0.15, -0.1) is 0 Å². The first-order valence-electron chi connectivity index (χ1n) is 9.95. The van der Waals surface area contributed by atoms with Crippen molar-refractivity contribution in [2.45, 2.75) is 19.1 Å². The molecule has 1 aromatic carbocycles. The standard InChI is InChI=1S/C22H24F3N5O3/c1-12(27-10-9-18(31)30(2)3)19-16(11-26)33-21(29-19)14-5-7-15(32-4)20-13(14)6-8-17(28-20)22(23,24)25/h5-8,27H,1,9-11,26H2,2-4H3. The molecule has 3 N–H and O–H groups in total. The van der Waals surface area contributed by atoms with E-state index in [1.165, 1.54) is 24.1 Å². The Labute approximate surface area is 188 Å². The van der Waals surface area contributed by atoms with Crippen LogP contribution in [0.1, 0.15) is 23.6 Å². The summed E-state index contributed by atoms with van der Waals surface area (Å²) in [6.07, 6.45) is -4.35. The van der Waals surface area contributed by atoms with E-state index < -0.39 is 11.9 Å². The monoisotopic (exact) mass is 463 g/mol. The number of alkyl halides is 3. The van der Waals surface area contributed by atoms with E-state index in [1.54, 1.807) is 20.2 Å². The first kappa shape index (κ1) is 24.1. The van der Waals surface area contributed by atoms with Gasteiger partial charge in [0.1, 0.15) is 28.4 Å². The van der Waals surface area contributed by atoms with Crippen molar-refractivity contribution < 1.29 is 27.1 Å². The quantitative estimate of drug-likeness (QED) is 0.527. The summed E-state index contributed by atoms with van der Waals surface area (Å²) in [5, 5.41) is 3.40. The van der Waals surface area contributed by atoms with Crippen LogP contribution in [0.15, 0.2) is 35.3 Å². The molecule has 0 aliphatic rings. The zero-order valence-corrected chi connectivity index (χ0v) is 18.4. The zero-order valence-electron chi connectivity index (χ0n) is 18.4. The second-order valence-electron chi connectivity index (χ2n) is 7.34. The van der Waals surface area contributed by atoms with Gasteiger partial charge >= 0.3 is 6.18 Å². The van der Waals surface area contributed by atoms with E-state index in [4.69, 9.17) is 14.9 Å². The fourth-order valence-corrected chi connectivity index (χ4v) is 3.17. The number of pyridine rings is 1. The number of fused-ring (bicyclic) bond motifs is 1. The van der Waals surface area contributed by atoms with Crippen LogP contribution in [0.2, 0.25) is 0 Å². The summed E-state index contributed by atoms with van der Waals surface area (Å²) in [5.41, 5.74) is 5.99. The first-order chi connectivity index (χ1) is 15.6. The van der Waals surface area contributed by atoms with Crippen molar-refractivity contribution in [3.8, 4) is 17.2 Å². The Balaban J connectivity index is 1.98. The molecule has 2 aromatic heterocycles. The van der Waals surface area contributed by atoms with Gasteiger partial charge in [-0.3, -0.25) is 4.79 Å². The van der Waals surface area contributed by atoms with E-state index in [0.717, 1.165) is 6.07 Å². The van der Waals surface area contributed by atoms with Gasteiger partial charge in [0.2, 0.25) is 11.8 Å². The summed E-state index contributed by atoms with van der Waals surface area (Å²) in [7, 11) is 4.68. The topological polar surface area (TPSA) is 107 Å². The number of halogens is 3. The molecular formula is C22H24F3N5O3. The Morgan fingerprint density at radius 2 is 1.97 bits per heavy atom. The fourth-order valence-electron chi connectivity index (χ4n) is 3.17. The number of oxazole rings is 1. The van der Waals surface area contributed by atoms with Gasteiger partial charge in [0.05, 0.1) is 19.4 Å². The van der Waals surface area contributed by atoms with Crippen molar-refractivity contribution in [1.29, 1.82) is 0 Å². The number of ether oxygens (including phenoxy) is 1. The number of amides is 1. The number of hydrogen-bond donors (Lipinski definition) is 2. The van der Waals surface area contributed by atoms with Gasteiger partial charge in [0, 0.05) is 38.0 Å². The Hall–Kier alpha value is -3.60. The lowest BCUT2D eigenvalue weighted by Gasteiger charge is -2.12. The lowest BCUT2D eigenvalue weighted by Crippen LogP contribution is -2.26. The minimum absolute atomic E-state index is 0.0181. The van der Waals surface area contributed by atoms with Crippen LogP contribution in [0.25, 0.3) is 28.1 Å². The summed E-state index contributed by atoms with van der Waals surface area (Å²) in [4.78, 5) is 21.4. The zero-order chi connectivity index (χ0) is 24.3. The molecule has 0 saturated carbocycles. The van der Waals surface area contributed by atoms with E-state index in [9.17, 15) is 18.0 Å². The molecule has 33 heavy (non-hydrogen) atoms. The second kappa shape index (κ2) is 9.49. The molecule has 8 nitrogen and oxygen atoms in total. The molecular weight excluding hydrogens is 439 g/mol. The largest absolute Gasteiger partial charge is 0.494 e. The summed E-state index contributed by atoms with van der Waals surface area (Å²) < 4.78 is 50.5. The summed E-state index contributed by atoms with van der Waals surface area (Å²) in [6, 6.07) is 5.31. The Bertz CT molecular complexity index is 1190. The van der Waals surface area contributed by atoms with Crippen molar-refractivity contribution in [2.75, 3.05) is 27.7 Å². The van der Waals surface area contributed by atoms with Gasteiger partial charge in [-0.05, 0) is 24.3 Å². The molecule has 176 valence electrons. The highest BCUT2D eigenvalue weighted by atomic mass is 19.4. The van der Waals surface area contributed by atoms with E-state index in [1.807, 2.05) is 0 Å². The van der Waals surface area contributed by atoms with Gasteiger partial charge in [-0.25, -0.2) is 9.97 Å². The van der Waals surface area contributed by atoms with E-state index in [-0.39, 0.29) is 36.0 Å². The van der Waals surface area contributed by atoms with Crippen LogP contribution < -0.4 is 15.8 Å². The average Bonchev–Trinajstić information content (AvgIpc) is 3.21. The maximum absolute atomic E-state index is 13.2. The molecule has 2 heterocycles. The molecule has 1 amide bonds. The molecule has 0 saturated heterocycles. The highest BCUT2D eigenvalue weighted by Gasteiger charge is 2.33. The number of carbonyl (C=O) groups excluding carboxylic acids is 1. The van der Waals surface area contributed by atoms with E-state index >= 15 is 0 Å². The number of hydrogen-bond acceptors (Lipinski definition) is 7. The molecule has 3 rings (SSSR count). The summed E-state index contributed by atoms with van der Waals surface area (Å²) >= 11 is 0. The number of benzene rings is 1. The minimum Gasteiger partial charge on any atom is -0.494 e. The molecule has 11 heteroatoms. The number of rotatable bonds is 8. The number of nitrogens with zero attached hydrogens (tertiary/aromatic N) is 3. The molecule has 3 aromatic rings. The molecule has 0 unspecified atom stereocenters. The van der Waals surface area contributed by atoms with Gasteiger partial charge in [0.15, 0.2) is 0 Å². The highest BCUT2D eigenvalue weighted by Crippen LogP contribution is 2.37. The van der Waals surface area contributed by atoms with Crippen LogP contribution in [0.3, 0.4) is 0 Å². The highest BCUT2D eigenvalue weighted by molar-refractivity contribution is 5.96. The van der Waals surface area contributed by atoms with Crippen molar-refractivity contribution >= 4 is 22.5 Å². The predicted molar refractivity (Wildman–Crippen MR) is 117 cm³/mol. The molecule has 0 aliphatic carbocycles. The number of nitrogens with two attached hydrogens (primary N) is 1. The lowest BCUT2D eigenvalue weighted by atomic mass is 10.1. The summed E-state index contributed by atoms with van der Waals surface area (Å²) in [5.74, 6) is 0.616. The predicted octanol–water partition coefficient (Wildman–Crippen LogP) is 3.41. The number of methoxy groups -OCH3 is 1. The van der Waals surface area contributed by atoms with Gasteiger partial charge in [0.25, 0.3) is 0 Å². The van der Waals surface area contributed by atoms with Crippen LogP contribution in [0.4, 0.5) is 13.2 Å². The molecule has 0 radical (unpaired) electrons. The van der Waals surface area contributed by atoms with Crippen molar-refractivity contribution in [3.63, 3.8) is 0 Å². The Morgan fingerprint density at radius 3 is 2.58 bits per heavy atom. The van der Waals surface area contributed by atoms with Crippen molar-refractivity contribution in [2.24, 2.45) is 5.73 Å². The SMILES string of the molecule is C=C(NCCC(=O)N(C)C)c1nc(-c2ccc(OC)c3nc(C(F)(F)F)ccc23)oc1CN. The van der Waals surface area contributed by atoms with Gasteiger partial charge < -0.3 is 25.1 Å². The maximum Gasteiger partial charge on any atom is 0.433 e. The van der Waals surface area contributed by atoms with E-state index in [2.05, 4.69) is 21.9 Å². The third kappa shape index (κ3) is 5.08. The minimum atomic E-state index is -4.60. The van der Waals surface area contributed by atoms with E-state index in [0.29, 0.717) is 34.6 Å². The van der Waals surface area contributed by atoms with Gasteiger partial charge in [-0.1, -0.05) is 6.58 Å². The Kier molecular flexibility index (Phi) is 6.92.